The zero-order valence-corrected chi connectivity index (χ0v) is 11.2. The molecule has 0 saturated carbocycles. The summed E-state index contributed by atoms with van der Waals surface area (Å²) < 4.78 is 10.7. The highest BCUT2D eigenvalue weighted by atomic mass is 16.5. The SMILES string of the molecule is COCC(C)Cc1nnc(C(N)c2ccccc2)o1. The number of benzene rings is 1. The molecule has 1 heterocycles. The van der Waals surface area contributed by atoms with Crippen molar-refractivity contribution >= 4 is 0 Å². The Morgan fingerprint density at radius 2 is 2.00 bits per heavy atom. The van der Waals surface area contributed by atoms with E-state index in [1.165, 1.54) is 0 Å². The molecule has 0 saturated heterocycles. The van der Waals surface area contributed by atoms with E-state index >= 15 is 0 Å². The molecule has 1 aromatic carbocycles. The van der Waals surface area contributed by atoms with Crippen LogP contribution < -0.4 is 5.73 Å². The molecule has 5 heteroatoms. The maximum atomic E-state index is 6.10. The predicted octanol–water partition coefficient (Wildman–Crippen LogP) is 1.94. The number of nitrogens with zero attached hydrogens (tertiary/aromatic N) is 2. The van der Waals surface area contributed by atoms with Crippen LogP contribution in [0.25, 0.3) is 0 Å². The molecule has 2 N–H and O–H groups in total. The molecule has 0 fully saturated rings. The smallest absolute Gasteiger partial charge is 0.237 e. The van der Waals surface area contributed by atoms with E-state index in [0.29, 0.717) is 30.7 Å². The summed E-state index contributed by atoms with van der Waals surface area (Å²) in [7, 11) is 1.68. The molecule has 0 aliphatic heterocycles. The molecule has 0 bridgehead atoms. The van der Waals surface area contributed by atoms with Crippen LogP contribution in [0.15, 0.2) is 34.7 Å². The molecule has 2 atom stereocenters. The number of ether oxygens (including phenoxy) is 1. The lowest BCUT2D eigenvalue weighted by molar-refractivity contribution is 0.156. The van der Waals surface area contributed by atoms with Crippen LogP contribution >= 0.6 is 0 Å². The minimum Gasteiger partial charge on any atom is -0.423 e. The maximum Gasteiger partial charge on any atom is 0.237 e. The monoisotopic (exact) mass is 261 g/mol. The van der Waals surface area contributed by atoms with Crippen molar-refractivity contribution in [2.24, 2.45) is 11.7 Å². The minimum absolute atomic E-state index is 0.339. The van der Waals surface area contributed by atoms with Gasteiger partial charge in [-0.05, 0) is 11.5 Å². The third kappa shape index (κ3) is 3.62. The molecule has 0 aliphatic carbocycles. The second-order valence-corrected chi connectivity index (χ2v) is 4.69. The summed E-state index contributed by atoms with van der Waals surface area (Å²) in [5.41, 5.74) is 7.06. The summed E-state index contributed by atoms with van der Waals surface area (Å²) in [6.45, 7) is 2.74. The van der Waals surface area contributed by atoms with Crippen LogP contribution in [0.3, 0.4) is 0 Å². The summed E-state index contributed by atoms with van der Waals surface area (Å²) >= 11 is 0. The van der Waals surface area contributed by atoms with Crippen molar-refractivity contribution in [1.82, 2.24) is 10.2 Å². The molecule has 2 aromatic rings. The lowest BCUT2D eigenvalue weighted by Crippen LogP contribution is -2.12. The molecular formula is C14H19N3O2. The average Bonchev–Trinajstić information content (AvgIpc) is 2.87. The first-order valence-electron chi connectivity index (χ1n) is 6.32. The van der Waals surface area contributed by atoms with E-state index in [9.17, 15) is 0 Å². The largest absolute Gasteiger partial charge is 0.423 e. The summed E-state index contributed by atoms with van der Waals surface area (Å²) in [6.07, 6.45) is 0.697. The molecular weight excluding hydrogens is 242 g/mol. The van der Waals surface area contributed by atoms with Crippen LogP contribution in [-0.4, -0.2) is 23.9 Å². The van der Waals surface area contributed by atoms with Gasteiger partial charge in [-0.3, -0.25) is 0 Å². The van der Waals surface area contributed by atoms with Crippen molar-refractivity contribution in [3.63, 3.8) is 0 Å². The van der Waals surface area contributed by atoms with E-state index in [1.807, 2.05) is 30.3 Å². The van der Waals surface area contributed by atoms with E-state index in [2.05, 4.69) is 17.1 Å². The third-order valence-corrected chi connectivity index (χ3v) is 2.88. The zero-order valence-electron chi connectivity index (χ0n) is 11.2. The molecule has 19 heavy (non-hydrogen) atoms. The fraction of sp³-hybridized carbons (Fsp3) is 0.429. The van der Waals surface area contributed by atoms with Gasteiger partial charge in [0.2, 0.25) is 11.8 Å². The van der Waals surface area contributed by atoms with Crippen LogP contribution in [0.5, 0.6) is 0 Å². The highest BCUT2D eigenvalue weighted by molar-refractivity contribution is 5.22. The van der Waals surface area contributed by atoms with Crippen molar-refractivity contribution in [1.29, 1.82) is 0 Å². The van der Waals surface area contributed by atoms with Gasteiger partial charge in [0.25, 0.3) is 0 Å². The second kappa shape index (κ2) is 6.45. The van der Waals surface area contributed by atoms with Gasteiger partial charge >= 0.3 is 0 Å². The number of nitrogens with two attached hydrogens (primary N) is 1. The van der Waals surface area contributed by atoms with Crippen LogP contribution in [0.4, 0.5) is 0 Å². The molecule has 1 aromatic heterocycles. The molecule has 0 radical (unpaired) electrons. The van der Waals surface area contributed by atoms with Gasteiger partial charge in [-0.1, -0.05) is 37.3 Å². The summed E-state index contributed by atoms with van der Waals surface area (Å²) in [6, 6.07) is 9.34. The van der Waals surface area contributed by atoms with Gasteiger partial charge in [0.1, 0.15) is 6.04 Å². The Morgan fingerprint density at radius 1 is 1.26 bits per heavy atom. The van der Waals surface area contributed by atoms with E-state index in [4.69, 9.17) is 14.9 Å². The Balaban J connectivity index is 2.04. The fourth-order valence-corrected chi connectivity index (χ4v) is 1.92. The standard InChI is InChI=1S/C14H19N3O2/c1-10(9-18-2)8-12-16-17-14(19-12)13(15)11-6-4-3-5-7-11/h3-7,10,13H,8-9,15H2,1-2H3. The van der Waals surface area contributed by atoms with E-state index < -0.39 is 0 Å². The lowest BCUT2D eigenvalue weighted by Gasteiger charge is -2.07. The first-order chi connectivity index (χ1) is 9.20. The van der Waals surface area contributed by atoms with E-state index in [-0.39, 0.29) is 6.04 Å². The van der Waals surface area contributed by atoms with Crippen molar-refractivity contribution in [2.45, 2.75) is 19.4 Å². The van der Waals surface area contributed by atoms with Gasteiger partial charge in [-0.2, -0.15) is 0 Å². The maximum absolute atomic E-state index is 6.10. The van der Waals surface area contributed by atoms with Crippen LogP contribution in [0.2, 0.25) is 0 Å². The Morgan fingerprint density at radius 3 is 2.68 bits per heavy atom. The molecule has 0 amide bonds. The van der Waals surface area contributed by atoms with E-state index in [1.54, 1.807) is 7.11 Å². The van der Waals surface area contributed by atoms with Gasteiger partial charge in [0.05, 0.1) is 0 Å². The first-order valence-corrected chi connectivity index (χ1v) is 6.32. The molecule has 102 valence electrons. The van der Waals surface area contributed by atoms with Crippen molar-refractivity contribution in [3.8, 4) is 0 Å². The quantitative estimate of drug-likeness (QED) is 0.860. The average molecular weight is 261 g/mol. The second-order valence-electron chi connectivity index (χ2n) is 4.69. The molecule has 0 spiro atoms. The number of aromatic nitrogens is 2. The van der Waals surface area contributed by atoms with E-state index in [0.717, 1.165) is 5.56 Å². The fourth-order valence-electron chi connectivity index (χ4n) is 1.92. The summed E-state index contributed by atoms with van der Waals surface area (Å²) in [4.78, 5) is 0. The highest BCUT2D eigenvalue weighted by Crippen LogP contribution is 2.18. The van der Waals surface area contributed by atoms with Gasteiger partial charge in [0, 0.05) is 20.1 Å². The number of rotatable bonds is 6. The number of hydrogen-bond donors (Lipinski definition) is 1. The van der Waals surface area contributed by atoms with Gasteiger partial charge in [-0.15, -0.1) is 10.2 Å². The molecule has 0 aliphatic rings. The Bertz CT molecular complexity index is 498. The minimum atomic E-state index is -0.375. The van der Waals surface area contributed by atoms with Crippen molar-refractivity contribution < 1.29 is 9.15 Å². The Hall–Kier alpha value is -1.72. The normalized spacial score (nSPS) is 14.3. The Kier molecular flexibility index (Phi) is 4.65. The molecule has 2 rings (SSSR count). The molecule has 2 unspecified atom stereocenters. The number of hydrogen-bond acceptors (Lipinski definition) is 5. The zero-order chi connectivity index (χ0) is 13.7. The summed E-state index contributed by atoms with van der Waals surface area (Å²) in [5.74, 6) is 1.39. The molecule has 5 nitrogen and oxygen atoms in total. The van der Waals surface area contributed by atoms with Crippen molar-refractivity contribution in [3.05, 3.63) is 47.7 Å². The van der Waals surface area contributed by atoms with Gasteiger partial charge in [0.15, 0.2) is 0 Å². The first kappa shape index (κ1) is 13.7. The van der Waals surface area contributed by atoms with Crippen LogP contribution in [-0.2, 0) is 11.2 Å². The van der Waals surface area contributed by atoms with Crippen LogP contribution in [0, 0.1) is 5.92 Å². The third-order valence-electron chi connectivity index (χ3n) is 2.88. The van der Waals surface area contributed by atoms with Gasteiger partial charge in [-0.25, -0.2) is 0 Å². The van der Waals surface area contributed by atoms with Crippen molar-refractivity contribution in [2.75, 3.05) is 13.7 Å². The summed E-state index contributed by atoms with van der Waals surface area (Å²) in [5, 5.41) is 8.06. The van der Waals surface area contributed by atoms with Crippen LogP contribution in [0.1, 0.15) is 30.3 Å². The topological polar surface area (TPSA) is 74.2 Å². The lowest BCUT2D eigenvalue weighted by atomic mass is 10.1. The van der Waals surface area contributed by atoms with Gasteiger partial charge < -0.3 is 14.9 Å². The number of methoxy groups -OCH3 is 1. The highest BCUT2D eigenvalue weighted by Gasteiger charge is 2.17. The predicted molar refractivity (Wildman–Crippen MR) is 71.5 cm³/mol. The Labute approximate surface area is 112 Å².